The van der Waals surface area contributed by atoms with Gasteiger partial charge in [-0.1, -0.05) is 12.1 Å². The number of benzene rings is 1. The SMILES string of the molecule is N#Cc1cc(-c2ccnc3[nH]c(C(=O)N4CCOCC4)cc23)ccc1CN1CCOCC1. The number of nitriles is 1. The maximum Gasteiger partial charge on any atom is 0.270 e. The molecule has 0 aliphatic carbocycles. The zero-order valence-electron chi connectivity index (χ0n) is 17.8. The van der Waals surface area contributed by atoms with E-state index in [9.17, 15) is 10.1 Å². The average molecular weight is 431 g/mol. The molecule has 164 valence electrons. The molecule has 0 atom stereocenters. The van der Waals surface area contributed by atoms with E-state index in [1.165, 1.54) is 0 Å². The van der Waals surface area contributed by atoms with Crippen LogP contribution in [0, 0.1) is 11.3 Å². The van der Waals surface area contributed by atoms with Gasteiger partial charge in [0.25, 0.3) is 5.91 Å². The molecule has 1 aromatic carbocycles. The Labute approximate surface area is 186 Å². The maximum absolute atomic E-state index is 12.9. The number of hydrogen-bond acceptors (Lipinski definition) is 6. The van der Waals surface area contributed by atoms with E-state index >= 15 is 0 Å². The molecule has 2 aliphatic rings. The van der Waals surface area contributed by atoms with E-state index < -0.39 is 0 Å². The van der Waals surface area contributed by atoms with E-state index in [0.29, 0.717) is 43.2 Å². The molecule has 32 heavy (non-hydrogen) atoms. The Kier molecular flexibility index (Phi) is 5.86. The van der Waals surface area contributed by atoms with E-state index in [1.807, 2.05) is 30.3 Å². The molecule has 0 unspecified atom stereocenters. The summed E-state index contributed by atoms with van der Waals surface area (Å²) in [6.07, 6.45) is 1.73. The van der Waals surface area contributed by atoms with Crippen molar-refractivity contribution in [1.82, 2.24) is 19.8 Å². The Bertz CT molecular complexity index is 1170. The first kappa shape index (κ1) is 20.6. The van der Waals surface area contributed by atoms with Gasteiger partial charge in [-0.3, -0.25) is 9.69 Å². The van der Waals surface area contributed by atoms with Crippen LogP contribution in [0.5, 0.6) is 0 Å². The molecule has 8 nitrogen and oxygen atoms in total. The minimum Gasteiger partial charge on any atom is -0.379 e. The quantitative estimate of drug-likeness (QED) is 0.682. The van der Waals surface area contributed by atoms with Crippen molar-refractivity contribution < 1.29 is 14.3 Å². The number of nitrogens with one attached hydrogen (secondary N) is 1. The van der Waals surface area contributed by atoms with E-state index in [-0.39, 0.29) is 5.91 Å². The molecule has 2 saturated heterocycles. The van der Waals surface area contributed by atoms with Gasteiger partial charge in [-0.25, -0.2) is 4.98 Å². The van der Waals surface area contributed by atoms with Crippen molar-refractivity contribution >= 4 is 16.9 Å². The van der Waals surface area contributed by atoms with Gasteiger partial charge < -0.3 is 19.4 Å². The van der Waals surface area contributed by atoms with Gasteiger partial charge in [0.1, 0.15) is 11.3 Å². The predicted octanol–water partition coefficient (Wildman–Crippen LogP) is 2.41. The Morgan fingerprint density at radius 3 is 2.56 bits per heavy atom. The number of ether oxygens (including phenoxy) is 2. The Morgan fingerprint density at radius 2 is 1.81 bits per heavy atom. The third-order valence-corrected chi connectivity index (χ3v) is 6.10. The number of amides is 1. The summed E-state index contributed by atoms with van der Waals surface area (Å²) in [4.78, 5) is 24.6. The molecule has 8 heteroatoms. The summed E-state index contributed by atoms with van der Waals surface area (Å²) in [5.74, 6) is -0.0455. The fourth-order valence-corrected chi connectivity index (χ4v) is 4.32. The number of hydrogen-bond donors (Lipinski definition) is 1. The molecular weight excluding hydrogens is 406 g/mol. The van der Waals surface area contributed by atoms with Gasteiger partial charge in [0, 0.05) is 44.3 Å². The van der Waals surface area contributed by atoms with Crippen LogP contribution in [0.2, 0.25) is 0 Å². The van der Waals surface area contributed by atoms with Gasteiger partial charge in [-0.05, 0) is 34.9 Å². The van der Waals surface area contributed by atoms with Crippen LogP contribution in [0.3, 0.4) is 0 Å². The van der Waals surface area contributed by atoms with Crippen LogP contribution >= 0.6 is 0 Å². The van der Waals surface area contributed by atoms with Crippen LogP contribution in [0.15, 0.2) is 36.5 Å². The zero-order chi connectivity index (χ0) is 21.9. The number of aromatic amines is 1. The van der Waals surface area contributed by atoms with Gasteiger partial charge in [-0.2, -0.15) is 5.26 Å². The van der Waals surface area contributed by atoms with Gasteiger partial charge >= 0.3 is 0 Å². The first-order valence-corrected chi connectivity index (χ1v) is 10.9. The number of carbonyl (C=O) groups is 1. The molecule has 1 N–H and O–H groups in total. The molecule has 5 rings (SSSR count). The average Bonchev–Trinajstić information content (AvgIpc) is 3.29. The highest BCUT2D eigenvalue weighted by molar-refractivity contribution is 6.01. The highest BCUT2D eigenvalue weighted by atomic mass is 16.5. The first-order chi connectivity index (χ1) is 15.7. The van der Waals surface area contributed by atoms with Gasteiger partial charge in [0.15, 0.2) is 0 Å². The van der Waals surface area contributed by atoms with Crippen molar-refractivity contribution in [2.75, 3.05) is 52.6 Å². The predicted molar refractivity (Wildman–Crippen MR) is 119 cm³/mol. The minimum absolute atomic E-state index is 0.0455. The number of rotatable bonds is 4. The topological polar surface area (TPSA) is 94.5 Å². The molecule has 0 saturated carbocycles. The van der Waals surface area contributed by atoms with Gasteiger partial charge in [0.2, 0.25) is 0 Å². The lowest BCUT2D eigenvalue weighted by atomic mass is 9.98. The van der Waals surface area contributed by atoms with Crippen molar-refractivity contribution in [3.8, 4) is 17.2 Å². The lowest BCUT2D eigenvalue weighted by Gasteiger charge is -2.27. The smallest absolute Gasteiger partial charge is 0.270 e. The normalized spacial score (nSPS) is 17.4. The van der Waals surface area contributed by atoms with Crippen LogP contribution in [0.25, 0.3) is 22.2 Å². The second-order valence-corrected chi connectivity index (χ2v) is 8.08. The van der Waals surface area contributed by atoms with Crippen molar-refractivity contribution in [3.05, 3.63) is 53.3 Å². The second kappa shape index (κ2) is 9.09. The van der Waals surface area contributed by atoms with Crippen LogP contribution in [-0.2, 0) is 16.0 Å². The van der Waals surface area contributed by atoms with E-state index in [1.54, 1.807) is 11.1 Å². The van der Waals surface area contributed by atoms with E-state index in [0.717, 1.165) is 54.9 Å². The molecule has 2 aliphatic heterocycles. The highest BCUT2D eigenvalue weighted by Crippen LogP contribution is 2.30. The molecule has 3 aromatic rings. The van der Waals surface area contributed by atoms with Crippen LogP contribution in [0.4, 0.5) is 0 Å². The van der Waals surface area contributed by atoms with E-state index in [2.05, 4.69) is 20.9 Å². The molecular formula is C24H25N5O3. The maximum atomic E-state index is 12.9. The number of H-pyrrole nitrogens is 1. The summed E-state index contributed by atoms with van der Waals surface area (Å²) in [5.41, 5.74) is 4.74. The van der Waals surface area contributed by atoms with Crippen molar-refractivity contribution in [3.63, 3.8) is 0 Å². The fraction of sp³-hybridized carbons (Fsp3) is 0.375. The van der Waals surface area contributed by atoms with Gasteiger partial charge in [-0.15, -0.1) is 0 Å². The third-order valence-electron chi connectivity index (χ3n) is 6.10. The lowest BCUT2D eigenvalue weighted by molar-refractivity contribution is 0.0299. The number of carbonyl (C=O) groups excluding carboxylic acids is 1. The summed E-state index contributed by atoms with van der Waals surface area (Å²) in [6, 6.07) is 12.2. The van der Waals surface area contributed by atoms with Crippen LogP contribution in [0.1, 0.15) is 21.6 Å². The van der Waals surface area contributed by atoms with Crippen molar-refractivity contribution in [2.24, 2.45) is 0 Å². The Balaban J connectivity index is 1.45. The first-order valence-electron chi connectivity index (χ1n) is 10.9. The Morgan fingerprint density at radius 1 is 1.06 bits per heavy atom. The standard InChI is InChI=1S/C24H25N5O3/c25-15-19-13-17(1-2-18(19)16-28-5-9-31-10-6-28)20-3-4-26-23-21(20)14-22(27-23)24(30)29-7-11-32-12-8-29/h1-4,13-14H,5-12,16H2,(H,26,27). The molecule has 2 aromatic heterocycles. The van der Waals surface area contributed by atoms with Crippen LogP contribution < -0.4 is 0 Å². The zero-order valence-corrected chi connectivity index (χ0v) is 17.8. The summed E-state index contributed by atoms with van der Waals surface area (Å²) in [7, 11) is 0. The van der Waals surface area contributed by atoms with Crippen LogP contribution in [-0.4, -0.2) is 78.3 Å². The number of nitrogens with zero attached hydrogens (tertiary/aromatic N) is 4. The molecule has 2 fully saturated rings. The summed E-state index contributed by atoms with van der Waals surface area (Å²) in [6.45, 7) is 6.24. The summed E-state index contributed by atoms with van der Waals surface area (Å²) < 4.78 is 10.8. The molecule has 0 radical (unpaired) electrons. The monoisotopic (exact) mass is 431 g/mol. The third kappa shape index (κ3) is 4.10. The van der Waals surface area contributed by atoms with Crippen molar-refractivity contribution in [2.45, 2.75) is 6.54 Å². The molecule has 0 spiro atoms. The minimum atomic E-state index is -0.0455. The molecule has 4 heterocycles. The van der Waals surface area contributed by atoms with E-state index in [4.69, 9.17) is 9.47 Å². The largest absolute Gasteiger partial charge is 0.379 e. The number of morpholine rings is 2. The highest BCUT2D eigenvalue weighted by Gasteiger charge is 2.21. The van der Waals surface area contributed by atoms with Crippen molar-refractivity contribution in [1.29, 1.82) is 5.26 Å². The molecule has 0 bridgehead atoms. The summed E-state index contributed by atoms with van der Waals surface area (Å²) in [5, 5.41) is 10.7. The lowest BCUT2D eigenvalue weighted by Crippen LogP contribution is -2.40. The summed E-state index contributed by atoms with van der Waals surface area (Å²) >= 11 is 0. The number of pyridine rings is 1. The molecule has 1 amide bonds. The van der Waals surface area contributed by atoms with Gasteiger partial charge in [0.05, 0.1) is 38.1 Å². The second-order valence-electron chi connectivity index (χ2n) is 8.08. The Hall–Kier alpha value is -3.25. The fourth-order valence-electron chi connectivity index (χ4n) is 4.32. The number of fused-ring (bicyclic) bond motifs is 1. The number of aromatic nitrogens is 2.